The normalized spacial score (nSPS) is 12.1. The van der Waals surface area contributed by atoms with Gasteiger partial charge in [-0.2, -0.15) is 0 Å². The number of ether oxygens (including phenoxy) is 2. The zero-order chi connectivity index (χ0) is 14.7. The molecule has 0 spiro atoms. The Morgan fingerprint density at radius 1 is 1.05 bits per heavy atom. The Morgan fingerprint density at radius 2 is 1.75 bits per heavy atom. The number of hydrogen-bond acceptors (Lipinski definition) is 3. The van der Waals surface area contributed by atoms with Crippen LogP contribution in [0.3, 0.4) is 0 Å². The number of hydrogen-bond donors (Lipinski definition) is 1. The molecule has 2 rings (SSSR count). The van der Waals surface area contributed by atoms with Crippen molar-refractivity contribution in [2.75, 3.05) is 14.2 Å². The lowest BCUT2D eigenvalue weighted by molar-refractivity contribution is 0.354. The van der Waals surface area contributed by atoms with Gasteiger partial charge in [-0.3, -0.25) is 0 Å². The monoisotopic (exact) mass is 295 g/mol. The van der Waals surface area contributed by atoms with Crippen LogP contribution >= 0.6 is 11.6 Å². The molecule has 106 valence electrons. The molecule has 3 nitrogen and oxygen atoms in total. The quantitative estimate of drug-likeness (QED) is 0.938. The van der Waals surface area contributed by atoms with Crippen LogP contribution in [-0.4, -0.2) is 14.2 Å². The summed E-state index contributed by atoms with van der Waals surface area (Å²) >= 11 is 5.74. The van der Waals surface area contributed by atoms with Gasteiger partial charge in [-0.25, -0.2) is 4.39 Å². The Hall–Kier alpha value is -1.78. The first kappa shape index (κ1) is 14.6. The summed E-state index contributed by atoms with van der Waals surface area (Å²) in [5.41, 5.74) is 7.21. The predicted octanol–water partition coefficient (Wildman–Crippen LogP) is 3.54. The first-order valence-corrected chi connectivity index (χ1v) is 6.37. The number of rotatable bonds is 4. The maximum absolute atomic E-state index is 13.9. The van der Waals surface area contributed by atoms with E-state index in [2.05, 4.69) is 0 Å². The van der Waals surface area contributed by atoms with Gasteiger partial charge in [0.05, 0.1) is 20.3 Å². The topological polar surface area (TPSA) is 44.5 Å². The highest BCUT2D eigenvalue weighted by Gasteiger charge is 2.16. The summed E-state index contributed by atoms with van der Waals surface area (Å²) in [6, 6.07) is 9.09. The van der Waals surface area contributed by atoms with E-state index in [1.54, 1.807) is 37.4 Å². The van der Waals surface area contributed by atoms with Crippen LogP contribution in [0.4, 0.5) is 4.39 Å². The molecule has 0 radical (unpaired) electrons. The molecule has 0 aliphatic carbocycles. The molecule has 0 aliphatic rings. The molecule has 0 saturated heterocycles. The summed E-state index contributed by atoms with van der Waals surface area (Å²) in [4.78, 5) is 0. The van der Waals surface area contributed by atoms with Gasteiger partial charge in [0, 0.05) is 10.6 Å². The number of halogens is 2. The summed E-state index contributed by atoms with van der Waals surface area (Å²) in [7, 11) is 3.09. The van der Waals surface area contributed by atoms with E-state index in [4.69, 9.17) is 26.8 Å². The molecular formula is C15H15ClFNO2. The van der Waals surface area contributed by atoms with Crippen molar-refractivity contribution in [3.8, 4) is 11.5 Å². The van der Waals surface area contributed by atoms with Gasteiger partial charge in [-0.1, -0.05) is 23.7 Å². The van der Waals surface area contributed by atoms with Crippen molar-refractivity contribution in [1.29, 1.82) is 0 Å². The van der Waals surface area contributed by atoms with Crippen LogP contribution in [-0.2, 0) is 0 Å². The zero-order valence-electron chi connectivity index (χ0n) is 11.2. The Morgan fingerprint density at radius 3 is 2.35 bits per heavy atom. The Kier molecular flexibility index (Phi) is 4.47. The Labute approximate surface area is 122 Å². The van der Waals surface area contributed by atoms with E-state index < -0.39 is 11.9 Å². The van der Waals surface area contributed by atoms with Crippen molar-refractivity contribution in [3.05, 3.63) is 58.4 Å². The maximum atomic E-state index is 13.9. The van der Waals surface area contributed by atoms with Gasteiger partial charge in [0.2, 0.25) is 0 Å². The lowest BCUT2D eigenvalue weighted by Gasteiger charge is -2.16. The average Bonchev–Trinajstić information content (AvgIpc) is 2.45. The molecule has 2 N–H and O–H groups in total. The van der Waals surface area contributed by atoms with Gasteiger partial charge in [-0.05, 0) is 29.8 Å². The predicted molar refractivity (Wildman–Crippen MR) is 77.0 cm³/mol. The van der Waals surface area contributed by atoms with Crippen LogP contribution in [0.2, 0.25) is 5.02 Å². The molecule has 0 fully saturated rings. The Balaban J connectivity index is 2.40. The molecule has 0 aromatic heterocycles. The first-order valence-electron chi connectivity index (χ1n) is 5.99. The fourth-order valence-corrected chi connectivity index (χ4v) is 2.14. The number of methoxy groups -OCH3 is 2. The second kappa shape index (κ2) is 6.11. The number of benzene rings is 2. The van der Waals surface area contributed by atoms with Gasteiger partial charge in [0.1, 0.15) is 5.82 Å². The minimum absolute atomic E-state index is 0.339. The van der Waals surface area contributed by atoms with Crippen molar-refractivity contribution in [3.63, 3.8) is 0 Å². The van der Waals surface area contributed by atoms with Crippen LogP contribution in [0.1, 0.15) is 17.2 Å². The summed E-state index contributed by atoms with van der Waals surface area (Å²) in [6.45, 7) is 0. The van der Waals surface area contributed by atoms with E-state index in [0.29, 0.717) is 22.1 Å². The Bertz CT molecular complexity index is 619. The lowest BCUT2D eigenvalue weighted by atomic mass is 9.99. The van der Waals surface area contributed by atoms with E-state index in [0.717, 1.165) is 5.56 Å². The van der Waals surface area contributed by atoms with Crippen LogP contribution < -0.4 is 15.2 Å². The summed E-state index contributed by atoms with van der Waals surface area (Å²) in [5, 5.41) is 0.339. The first-order chi connectivity index (χ1) is 9.56. The van der Waals surface area contributed by atoms with E-state index in [1.807, 2.05) is 0 Å². The third-order valence-electron chi connectivity index (χ3n) is 3.06. The standard InChI is InChI=1S/C15H15ClFNO2/c1-19-13-6-3-9(7-14(13)20-2)15(18)11-5-4-10(16)8-12(11)17/h3-8,15H,18H2,1-2H3. The number of nitrogens with two attached hydrogens (primary N) is 1. The van der Waals surface area contributed by atoms with Gasteiger partial charge in [0.25, 0.3) is 0 Å². The smallest absolute Gasteiger partial charge is 0.161 e. The minimum atomic E-state index is -0.605. The summed E-state index contributed by atoms with van der Waals surface area (Å²) in [6.07, 6.45) is 0. The van der Waals surface area contributed by atoms with Crippen LogP contribution in [0.5, 0.6) is 11.5 Å². The summed E-state index contributed by atoms with van der Waals surface area (Å²) in [5.74, 6) is 0.717. The molecular weight excluding hydrogens is 281 g/mol. The molecule has 5 heteroatoms. The van der Waals surface area contributed by atoms with Crippen LogP contribution in [0.25, 0.3) is 0 Å². The fraction of sp³-hybridized carbons (Fsp3) is 0.200. The summed E-state index contributed by atoms with van der Waals surface area (Å²) < 4.78 is 24.3. The largest absolute Gasteiger partial charge is 0.493 e. The molecule has 20 heavy (non-hydrogen) atoms. The fourth-order valence-electron chi connectivity index (χ4n) is 1.98. The molecule has 2 aromatic rings. The van der Waals surface area contributed by atoms with E-state index in [1.165, 1.54) is 13.2 Å². The zero-order valence-corrected chi connectivity index (χ0v) is 11.9. The highest BCUT2D eigenvalue weighted by Crippen LogP contribution is 2.32. The van der Waals surface area contributed by atoms with Crippen molar-refractivity contribution in [2.45, 2.75) is 6.04 Å². The van der Waals surface area contributed by atoms with Crippen molar-refractivity contribution in [1.82, 2.24) is 0 Å². The molecule has 0 saturated carbocycles. The second-order valence-corrected chi connectivity index (χ2v) is 4.69. The lowest BCUT2D eigenvalue weighted by Crippen LogP contribution is -2.13. The highest BCUT2D eigenvalue weighted by molar-refractivity contribution is 6.30. The molecule has 0 heterocycles. The minimum Gasteiger partial charge on any atom is -0.493 e. The molecule has 1 unspecified atom stereocenters. The van der Waals surface area contributed by atoms with Crippen molar-refractivity contribution in [2.24, 2.45) is 5.73 Å². The molecule has 1 atom stereocenters. The van der Waals surface area contributed by atoms with Crippen molar-refractivity contribution >= 4 is 11.6 Å². The van der Waals surface area contributed by atoms with Gasteiger partial charge >= 0.3 is 0 Å². The third-order valence-corrected chi connectivity index (χ3v) is 3.30. The molecule has 0 amide bonds. The second-order valence-electron chi connectivity index (χ2n) is 4.26. The average molecular weight is 296 g/mol. The highest BCUT2D eigenvalue weighted by atomic mass is 35.5. The molecule has 0 aliphatic heterocycles. The van der Waals surface area contributed by atoms with Crippen molar-refractivity contribution < 1.29 is 13.9 Å². The van der Waals surface area contributed by atoms with Gasteiger partial charge in [-0.15, -0.1) is 0 Å². The van der Waals surface area contributed by atoms with Crippen LogP contribution in [0.15, 0.2) is 36.4 Å². The van der Waals surface area contributed by atoms with E-state index >= 15 is 0 Å². The van der Waals surface area contributed by atoms with Gasteiger partial charge < -0.3 is 15.2 Å². The third kappa shape index (κ3) is 2.86. The maximum Gasteiger partial charge on any atom is 0.161 e. The molecule has 0 bridgehead atoms. The van der Waals surface area contributed by atoms with Gasteiger partial charge in [0.15, 0.2) is 11.5 Å². The SMILES string of the molecule is COc1ccc(C(N)c2ccc(Cl)cc2F)cc1OC. The van der Waals surface area contributed by atoms with Crippen LogP contribution in [0, 0.1) is 5.82 Å². The van der Waals surface area contributed by atoms with E-state index in [9.17, 15) is 4.39 Å². The molecule has 2 aromatic carbocycles. The van der Waals surface area contributed by atoms with E-state index in [-0.39, 0.29) is 0 Å².